The highest BCUT2D eigenvalue weighted by atomic mass is 19.1. The summed E-state index contributed by atoms with van der Waals surface area (Å²) in [4.78, 5) is 13.9. The first kappa shape index (κ1) is 14.7. The zero-order valence-corrected chi connectivity index (χ0v) is 12.2. The molecule has 5 nitrogen and oxygen atoms in total. The topological polar surface area (TPSA) is 66.6 Å². The van der Waals surface area contributed by atoms with E-state index < -0.39 is 11.9 Å². The van der Waals surface area contributed by atoms with Gasteiger partial charge in [0, 0.05) is 19.2 Å². The zero-order valence-electron chi connectivity index (χ0n) is 12.2. The summed E-state index contributed by atoms with van der Waals surface area (Å²) in [6.45, 7) is 2.81. The number of halogens is 1. The molecule has 1 fully saturated rings. The molecule has 1 saturated heterocycles. The number of β-amino-alcohol motifs (C(OH)–C–C–N with tert-alkyl or cyclic N) is 1. The van der Waals surface area contributed by atoms with Gasteiger partial charge in [-0.15, -0.1) is 0 Å². The molecule has 2 heterocycles. The number of carbonyl (C=O) groups is 1. The maximum Gasteiger partial charge on any atom is 0.276 e. The van der Waals surface area contributed by atoms with Crippen LogP contribution in [0.1, 0.15) is 23.8 Å². The van der Waals surface area contributed by atoms with E-state index in [0.717, 1.165) is 6.42 Å². The monoisotopic (exact) mass is 304 g/mol. The van der Waals surface area contributed by atoms with Gasteiger partial charge < -0.3 is 14.5 Å². The van der Waals surface area contributed by atoms with Gasteiger partial charge in [0.15, 0.2) is 11.5 Å². The number of hydrogen-bond acceptors (Lipinski definition) is 4. The second kappa shape index (κ2) is 5.88. The number of rotatable bonds is 2. The van der Waals surface area contributed by atoms with Gasteiger partial charge in [0.2, 0.25) is 0 Å². The Balaban J connectivity index is 1.79. The Morgan fingerprint density at radius 3 is 2.95 bits per heavy atom. The SMILES string of the molecule is CC1CCN(C(=O)c2cc(-c3ccccc3F)on2)CC1O. The Labute approximate surface area is 127 Å². The molecule has 0 aliphatic carbocycles. The predicted molar refractivity (Wildman–Crippen MR) is 77.6 cm³/mol. The maximum atomic E-state index is 13.7. The highest BCUT2D eigenvalue weighted by Crippen LogP contribution is 2.25. The standard InChI is InChI=1S/C16H17FN2O3/c1-10-6-7-19(9-14(10)20)16(21)13-8-15(22-18-13)11-4-2-3-5-12(11)17/h2-5,8,10,14,20H,6-7,9H2,1H3. The van der Waals surface area contributed by atoms with Crippen LogP contribution in [-0.4, -0.2) is 40.3 Å². The molecule has 2 atom stereocenters. The van der Waals surface area contributed by atoms with E-state index in [1.54, 1.807) is 23.1 Å². The Morgan fingerprint density at radius 1 is 1.45 bits per heavy atom. The van der Waals surface area contributed by atoms with Crippen LogP contribution in [-0.2, 0) is 0 Å². The third kappa shape index (κ3) is 2.74. The van der Waals surface area contributed by atoms with Crippen molar-refractivity contribution in [1.29, 1.82) is 0 Å². The second-order valence-electron chi connectivity index (χ2n) is 5.64. The summed E-state index contributed by atoms with van der Waals surface area (Å²) in [5, 5.41) is 13.6. The summed E-state index contributed by atoms with van der Waals surface area (Å²) in [7, 11) is 0. The number of aromatic nitrogens is 1. The van der Waals surface area contributed by atoms with Crippen molar-refractivity contribution < 1.29 is 18.8 Å². The normalized spacial score (nSPS) is 21.9. The number of hydrogen-bond donors (Lipinski definition) is 1. The van der Waals surface area contributed by atoms with Crippen LogP contribution in [0, 0.1) is 11.7 Å². The van der Waals surface area contributed by atoms with E-state index in [1.165, 1.54) is 12.1 Å². The molecule has 1 amide bonds. The van der Waals surface area contributed by atoms with E-state index >= 15 is 0 Å². The fourth-order valence-electron chi connectivity index (χ4n) is 2.56. The lowest BCUT2D eigenvalue weighted by atomic mass is 9.96. The van der Waals surface area contributed by atoms with Crippen LogP contribution in [0.5, 0.6) is 0 Å². The van der Waals surface area contributed by atoms with E-state index in [1.807, 2.05) is 6.92 Å². The third-order valence-corrected chi connectivity index (χ3v) is 4.07. The summed E-state index contributed by atoms with van der Waals surface area (Å²) in [5.41, 5.74) is 0.390. The van der Waals surface area contributed by atoms with Crippen molar-refractivity contribution in [2.24, 2.45) is 5.92 Å². The number of likely N-dealkylation sites (tertiary alicyclic amines) is 1. The maximum absolute atomic E-state index is 13.7. The Kier molecular flexibility index (Phi) is 3.94. The van der Waals surface area contributed by atoms with Gasteiger partial charge in [-0.25, -0.2) is 4.39 Å². The van der Waals surface area contributed by atoms with E-state index in [-0.39, 0.29) is 35.4 Å². The van der Waals surface area contributed by atoms with Crippen molar-refractivity contribution >= 4 is 5.91 Å². The molecule has 0 spiro atoms. The van der Waals surface area contributed by atoms with E-state index in [9.17, 15) is 14.3 Å². The molecule has 0 radical (unpaired) electrons. The van der Waals surface area contributed by atoms with Gasteiger partial charge in [0.25, 0.3) is 5.91 Å². The minimum atomic E-state index is -0.532. The first-order chi connectivity index (χ1) is 10.6. The zero-order chi connectivity index (χ0) is 15.7. The van der Waals surface area contributed by atoms with Gasteiger partial charge in [0.1, 0.15) is 5.82 Å². The lowest BCUT2D eigenvalue weighted by molar-refractivity contribution is 0.0243. The number of aliphatic hydroxyl groups excluding tert-OH is 1. The number of nitrogens with zero attached hydrogens (tertiary/aromatic N) is 2. The first-order valence-electron chi connectivity index (χ1n) is 7.25. The van der Waals surface area contributed by atoms with Crippen molar-refractivity contribution in [1.82, 2.24) is 10.1 Å². The molecule has 2 aromatic rings. The van der Waals surface area contributed by atoms with Gasteiger partial charge in [-0.1, -0.05) is 24.2 Å². The molecule has 1 aliphatic heterocycles. The van der Waals surface area contributed by atoms with Crippen molar-refractivity contribution in [2.45, 2.75) is 19.4 Å². The van der Waals surface area contributed by atoms with Crippen molar-refractivity contribution in [3.05, 3.63) is 41.8 Å². The summed E-state index contributed by atoms with van der Waals surface area (Å²) >= 11 is 0. The van der Waals surface area contributed by atoms with Gasteiger partial charge in [-0.2, -0.15) is 0 Å². The molecule has 1 aromatic carbocycles. The van der Waals surface area contributed by atoms with Crippen LogP contribution in [0.2, 0.25) is 0 Å². The van der Waals surface area contributed by atoms with Gasteiger partial charge in [-0.3, -0.25) is 4.79 Å². The minimum absolute atomic E-state index is 0.125. The molecule has 3 rings (SSSR count). The predicted octanol–water partition coefficient (Wildman–Crippen LogP) is 2.32. The van der Waals surface area contributed by atoms with Crippen molar-refractivity contribution in [3.8, 4) is 11.3 Å². The molecule has 6 heteroatoms. The highest BCUT2D eigenvalue weighted by Gasteiger charge is 2.29. The molecule has 0 bridgehead atoms. The van der Waals surface area contributed by atoms with Gasteiger partial charge in [-0.05, 0) is 24.5 Å². The summed E-state index contributed by atoms with van der Waals surface area (Å²) in [6.07, 6.45) is 0.209. The molecule has 1 N–H and O–H groups in total. The fourth-order valence-corrected chi connectivity index (χ4v) is 2.56. The summed E-state index contributed by atoms with van der Waals surface area (Å²) < 4.78 is 18.8. The van der Waals surface area contributed by atoms with Gasteiger partial charge in [0.05, 0.1) is 11.7 Å². The van der Waals surface area contributed by atoms with Crippen LogP contribution >= 0.6 is 0 Å². The van der Waals surface area contributed by atoms with Crippen molar-refractivity contribution in [3.63, 3.8) is 0 Å². The van der Waals surface area contributed by atoms with E-state index in [2.05, 4.69) is 5.16 Å². The molecule has 1 aliphatic rings. The van der Waals surface area contributed by atoms with E-state index in [0.29, 0.717) is 6.54 Å². The number of carbonyl (C=O) groups excluding carboxylic acids is 1. The number of amides is 1. The van der Waals surface area contributed by atoms with Crippen LogP contribution in [0.25, 0.3) is 11.3 Å². The smallest absolute Gasteiger partial charge is 0.276 e. The van der Waals surface area contributed by atoms with Crippen LogP contribution < -0.4 is 0 Å². The number of piperidine rings is 1. The summed E-state index contributed by atoms with van der Waals surface area (Å²) in [6, 6.07) is 7.59. The molecule has 2 unspecified atom stereocenters. The molecule has 22 heavy (non-hydrogen) atoms. The molecular formula is C16H17FN2O3. The number of aliphatic hydroxyl groups is 1. The second-order valence-corrected chi connectivity index (χ2v) is 5.64. The third-order valence-electron chi connectivity index (χ3n) is 4.07. The van der Waals surface area contributed by atoms with Crippen molar-refractivity contribution in [2.75, 3.05) is 13.1 Å². The Bertz CT molecular complexity index is 686. The Hall–Kier alpha value is -2.21. The minimum Gasteiger partial charge on any atom is -0.391 e. The van der Waals surface area contributed by atoms with Crippen LogP contribution in [0.4, 0.5) is 4.39 Å². The average molecular weight is 304 g/mol. The average Bonchev–Trinajstić information content (AvgIpc) is 2.99. The lowest BCUT2D eigenvalue weighted by Crippen LogP contribution is -2.45. The molecule has 0 saturated carbocycles. The quantitative estimate of drug-likeness (QED) is 0.924. The lowest BCUT2D eigenvalue weighted by Gasteiger charge is -2.33. The largest absolute Gasteiger partial charge is 0.391 e. The summed E-state index contributed by atoms with van der Waals surface area (Å²) in [5.74, 6) is -0.347. The van der Waals surface area contributed by atoms with Gasteiger partial charge >= 0.3 is 0 Å². The molecular weight excluding hydrogens is 287 g/mol. The number of benzene rings is 1. The highest BCUT2D eigenvalue weighted by molar-refractivity contribution is 5.93. The van der Waals surface area contributed by atoms with Crippen LogP contribution in [0.15, 0.2) is 34.9 Å². The first-order valence-corrected chi connectivity index (χ1v) is 7.25. The van der Waals surface area contributed by atoms with E-state index in [4.69, 9.17) is 4.52 Å². The van der Waals surface area contributed by atoms with Crippen LogP contribution in [0.3, 0.4) is 0 Å². The molecule has 1 aromatic heterocycles. The molecule has 116 valence electrons. The Morgan fingerprint density at radius 2 is 2.23 bits per heavy atom. The fraction of sp³-hybridized carbons (Fsp3) is 0.375.